The summed E-state index contributed by atoms with van der Waals surface area (Å²) in [5, 5.41) is 10.2. The number of hydrogen-bond acceptors (Lipinski definition) is 7. The van der Waals surface area contributed by atoms with E-state index in [0.29, 0.717) is 27.0 Å². The van der Waals surface area contributed by atoms with Gasteiger partial charge >= 0.3 is 5.97 Å². The molecule has 0 atom stereocenters. The SMILES string of the molecule is Cc1cc(C(=O)OCC(=O)Nc2sc3c(c2C(=O)Nc2ccc(Cl)cc2)CCCC3)on1. The number of aromatic nitrogens is 1. The number of thiophene rings is 1. The lowest BCUT2D eigenvalue weighted by molar-refractivity contribution is -0.119. The Morgan fingerprint density at radius 2 is 1.91 bits per heavy atom. The van der Waals surface area contributed by atoms with Gasteiger partial charge in [-0.1, -0.05) is 16.8 Å². The van der Waals surface area contributed by atoms with Gasteiger partial charge in [-0.2, -0.15) is 0 Å². The highest BCUT2D eigenvalue weighted by molar-refractivity contribution is 7.17. The third-order valence-corrected chi connectivity index (χ3v) is 6.38. The third-order valence-electron chi connectivity index (χ3n) is 4.92. The van der Waals surface area contributed by atoms with E-state index in [9.17, 15) is 14.4 Å². The van der Waals surface area contributed by atoms with Crippen LogP contribution in [-0.4, -0.2) is 29.5 Å². The molecule has 0 saturated heterocycles. The normalized spacial score (nSPS) is 12.7. The highest BCUT2D eigenvalue weighted by Gasteiger charge is 2.27. The molecular formula is C22H20ClN3O5S. The van der Waals surface area contributed by atoms with Crippen molar-refractivity contribution < 1.29 is 23.6 Å². The molecule has 32 heavy (non-hydrogen) atoms. The van der Waals surface area contributed by atoms with Crippen molar-refractivity contribution in [3.8, 4) is 0 Å². The maximum atomic E-state index is 13.1. The Labute approximate surface area is 192 Å². The number of nitrogens with zero attached hydrogens (tertiary/aromatic N) is 1. The van der Waals surface area contributed by atoms with E-state index in [1.807, 2.05) is 0 Å². The number of halogens is 1. The molecule has 1 aliphatic carbocycles. The van der Waals surface area contributed by atoms with E-state index in [0.717, 1.165) is 36.1 Å². The van der Waals surface area contributed by atoms with Crippen LogP contribution in [0.2, 0.25) is 5.02 Å². The van der Waals surface area contributed by atoms with Crippen molar-refractivity contribution >= 4 is 51.4 Å². The standard InChI is InChI=1S/C22H20ClN3O5S/c1-12-10-16(31-26-12)22(29)30-11-18(27)25-21-19(15-4-2-3-5-17(15)32-21)20(28)24-14-8-6-13(23)7-9-14/h6-10H,2-5,11H2,1H3,(H,24,28)(H,25,27). The second-order valence-electron chi connectivity index (χ2n) is 7.33. The fourth-order valence-electron chi connectivity index (χ4n) is 3.45. The van der Waals surface area contributed by atoms with Gasteiger partial charge in [0.05, 0.1) is 11.3 Å². The van der Waals surface area contributed by atoms with Crippen LogP contribution < -0.4 is 10.6 Å². The van der Waals surface area contributed by atoms with Gasteiger partial charge in [-0.25, -0.2) is 4.79 Å². The van der Waals surface area contributed by atoms with Gasteiger partial charge in [0.2, 0.25) is 5.76 Å². The van der Waals surface area contributed by atoms with E-state index < -0.39 is 18.5 Å². The summed E-state index contributed by atoms with van der Waals surface area (Å²) in [5.74, 6) is -1.72. The molecule has 0 fully saturated rings. The number of benzene rings is 1. The van der Waals surface area contributed by atoms with E-state index in [-0.39, 0.29) is 11.7 Å². The molecule has 0 radical (unpaired) electrons. The zero-order valence-electron chi connectivity index (χ0n) is 17.2. The van der Waals surface area contributed by atoms with Gasteiger partial charge in [0, 0.05) is 21.7 Å². The molecule has 1 aliphatic rings. The first kappa shape index (κ1) is 22.0. The van der Waals surface area contributed by atoms with Crippen LogP contribution in [0, 0.1) is 6.92 Å². The zero-order valence-corrected chi connectivity index (χ0v) is 18.8. The molecule has 0 spiro atoms. The number of aryl methyl sites for hydroxylation is 2. The van der Waals surface area contributed by atoms with E-state index >= 15 is 0 Å². The molecule has 0 saturated carbocycles. The lowest BCUT2D eigenvalue weighted by atomic mass is 9.95. The Morgan fingerprint density at radius 3 is 2.62 bits per heavy atom. The summed E-state index contributed by atoms with van der Waals surface area (Å²) in [6, 6.07) is 8.22. The number of amides is 2. The molecule has 166 valence electrons. The van der Waals surface area contributed by atoms with Gasteiger partial charge in [0.1, 0.15) is 5.00 Å². The lowest BCUT2D eigenvalue weighted by Gasteiger charge is -2.13. The molecule has 0 bridgehead atoms. The van der Waals surface area contributed by atoms with Crippen molar-refractivity contribution in [3.63, 3.8) is 0 Å². The number of rotatable bonds is 6. The third kappa shape index (κ3) is 5.00. The van der Waals surface area contributed by atoms with Gasteiger partial charge in [-0.05, 0) is 62.4 Å². The summed E-state index contributed by atoms with van der Waals surface area (Å²) in [6.07, 6.45) is 3.64. The molecule has 2 aromatic heterocycles. The Morgan fingerprint density at radius 1 is 1.16 bits per heavy atom. The van der Waals surface area contributed by atoms with Crippen LogP contribution in [-0.2, 0) is 22.4 Å². The summed E-state index contributed by atoms with van der Waals surface area (Å²) in [4.78, 5) is 38.6. The summed E-state index contributed by atoms with van der Waals surface area (Å²) in [5.41, 5.74) is 2.54. The molecule has 2 N–H and O–H groups in total. The van der Waals surface area contributed by atoms with Crippen molar-refractivity contribution in [2.45, 2.75) is 32.6 Å². The highest BCUT2D eigenvalue weighted by atomic mass is 35.5. The van der Waals surface area contributed by atoms with Crippen LogP contribution in [0.1, 0.15) is 49.9 Å². The van der Waals surface area contributed by atoms with Crippen molar-refractivity contribution in [1.82, 2.24) is 5.16 Å². The topological polar surface area (TPSA) is 111 Å². The van der Waals surface area contributed by atoms with E-state index in [4.69, 9.17) is 20.9 Å². The number of anilines is 2. The first-order valence-corrected chi connectivity index (χ1v) is 11.2. The number of ether oxygens (including phenoxy) is 1. The first-order chi connectivity index (χ1) is 15.4. The van der Waals surface area contributed by atoms with Crippen LogP contribution >= 0.6 is 22.9 Å². The smallest absolute Gasteiger partial charge is 0.377 e. The predicted molar refractivity (Wildman–Crippen MR) is 121 cm³/mol. The first-order valence-electron chi connectivity index (χ1n) is 10.0. The lowest BCUT2D eigenvalue weighted by Crippen LogP contribution is -2.22. The van der Waals surface area contributed by atoms with E-state index in [2.05, 4.69) is 15.8 Å². The van der Waals surface area contributed by atoms with Crippen LogP contribution in [0.4, 0.5) is 10.7 Å². The van der Waals surface area contributed by atoms with Crippen molar-refractivity contribution in [1.29, 1.82) is 0 Å². The van der Waals surface area contributed by atoms with E-state index in [1.165, 1.54) is 17.4 Å². The minimum absolute atomic E-state index is 0.0788. The van der Waals surface area contributed by atoms with Crippen molar-refractivity contribution in [2.75, 3.05) is 17.2 Å². The maximum Gasteiger partial charge on any atom is 0.377 e. The largest absolute Gasteiger partial charge is 0.450 e. The van der Waals surface area contributed by atoms with Gasteiger partial charge in [-0.3, -0.25) is 9.59 Å². The van der Waals surface area contributed by atoms with Gasteiger partial charge in [-0.15, -0.1) is 11.3 Å². The van der Waals surface area contributed by atoms with Gasteiger partial charge in [0.15, 0.2) is 6.61 Å². The number of carbonyl (C=O) groups is 3. The van der Waals surface area contributed by atoms with Crippen LogP contribution in [0.5, 0.6) is 0 Å². The summed E-state index contributed by atoms with van der Waals surface area (Å²) < 4.78 is 9.82. The summed E-state index contributed by atoms with van der Waals surface area (Å²) in [7, 11) is 0. The molecule has 10 heteroatoms. The quantitative estimate of drug-likeness (QED) is 0.505. The Bertz CT molecular complexity index is 1170. The monoisotopic (exact) mass is 473 g/mol. The van der Waals surface area contributed by atoms with Crippen LogP contribution in [0.3, 0.4) is 0 Å². The molecule has 8 nitrogen and oxygen atoms in total. The average molecular weight is 474 g/mol. The summed E-state index contributed by atoms with van der Waals surface area (Å²) in [6.45, 7) is 1.15. The predicted octanol–water partition coefficient (Wildman–Crippen LogP) is 4.62. The number of nitrogens with one attached hydrogen (secondary N) is 2. The second-order valence-corrected chi connectivity index (χ2v) is 8.87. The maximum absolute atomic E-state index is 13.1. The van der Waals surface area contributed by atoms with Gasteiger partial charge in [0.25, 0.3) is 11.8 Å². The van der Waals surface area contributed by atoms with Gasteiger partial charge < -0.3 is 19.9 Å². The minimum Gasteiger partial charge on any atom is -0.450 e. The average Bonchev–Trinajstić information content (AvgIpc) is 3.36. The van der Waals surface area contributed by atoms with Crippen LogP contribution in [0.15, 0.2) is 34.9 Å². The van der Waals surface area contributed by atoms with Crippen molar-refractivity contribution in [3.05, 3.63) is 62.8 Å². The molecule has 4 rings (SSSR count). The number of hydrogen-bond donors (Lipinski definition) is 2. The number of fused-ring (bicyclic) bond motifs is 1. The van der Waals surface area contributed by atoms with Crippen LogP contribution in [0.25, 0.3) is 0 Å². The fraction of sp³-hybridized carbons (Fsp3) is 0.273. The molecular weight excluding hydrogens is 454 g/mol. The van der Waals surface area contributed by atoms with E-state index in [1.54, 1.807) is 31.2 Å². The molecule has 0 unspecified atom stereocenters. The number of carbonyl (C=O) groups excluding carboxylic acids is 3. The Balaban J connectivity index is 1.48. The highest BCUT2D eigenvalue weighted by Crippen LogP contribution is 2.38. The second kappa shape index (κ2) is 9.54. The number of esters is 1. The molecule has 0 aliphatic heterocycles. The molecule has 2 heterocycles. The summed E-state index contributed by atoms with van der Waals surface area (Å²) >= 11 is 7.30. The minimum atomic E-state index is -0.785. The fourth-order valence-corrected chi connectivity index (χ4v) is 4.87. The zero-order chi connectivity index (χ0) is 22.7. The Kier molecular flexibility index (Phi) is 6.57. The molecule has 1 aromatic carbocycles. The Hall–Kier alpha value is -3.17. The molecule has 3 aromatic rings. The molecule has 2 amide bonds. The van der Waals surface area contributed by atoms with Crippen molar-refractivity contribution in [2.24, 2.45) is 0 Å².